The van der Waals surface area contributed by atoms with Gasteiger partial charge in [-0.2, -0.15) is 0 Å². The maximum absolute atomic E-state index is 10.2. The summed E-state index contributed by atoms with van der Waals surface area (Å²) >= 11 is 0. The van der Waals surface area contributed by atoms with Crippen molar-refractivity contribution in [2.24, 2.45) is 17.3 Å². The Hall–Kier alpha value is -0.120. The minimum Gasteiger partial charge on any atom is -0.393 e. The van der Waals surface area contributed by atoms with Gasteiger partial charge in [0.1, 0.15) is 0 Å². The molecule has 2 aliphatic rings. The predicted octanol–water partition coefficient (Wildman–Crippen LogP) is 1.49. The van der Waals surface area contributed by atoms with Crippen LogP contribution in [0.15, 0.2) is 0 Å². The van der Waals surface area contributed by atoms with Crippen molar-refractivity contribution in [1.82, 2.24) is 4.90 Å². The Bertz CT molecular complexity index is 261. The predicted molar refractivity (Wildman–Crippen MR) is 68.7 cm³/mol. The van der Waals surface area contributed by atoms with E-state index in [9.17, 15) is 10.2 Å². The zero-order valence-electron chi connectivity index (χ0n) is 11.4. The van der Waals surface area contributed by atoms with Crippen LogP contribution >= 0.6 is 0 Å². The molecule has 2 aliphatic carbocycles. The minimum absolute atomic E-state index is 0.0515. The average molecular weight is 241 g/mol. The first kappa shape index (κ1) is 13.3. The highest BCUT2D eigenvalue weighted by atomic mass is 16.3. The molecule has 0 bridgehead atoms. The van der Waals surface area contributed by atoms with E-state index in [0.29, 0.717) is 11.8 Å². The van der Waals surface area contributed by atoms with E-state index < -0.39 is 0 Å². The van der Waals surface area contributed by atoms with Gasteiger partial charge in [-0.25, -0.2) is 0 Å². The van der Waals surface area contributed by atoms with Crippen molar-refractivity contribution in [3.63, 3.8) is 0 Å². The highest BCUT2D eigenvalue weighted by Gasteiger charge is 2.41. The first-order valence-electron chi connectivity index (χ1n) is 6.93. The molecule has 0 saturated heterocycles. The fourth-order valence-corrected chi connectivity index (χ4v) is 3.46. The molecule has 2 fully saturated rings. The van der Waals surface area contributed by atoms with Crippen LogP contribution in [0.2, 0.25) is 0 Å². The molecule has 2 atom stereocenters. The molecule has 2 rings (SSSR count). The van der Waals surface area contributed by atoms with E-state index in [4.69, 9.17) is 0 Å². The second-order valence-corrected chi connectivity index (χ2v) is 6.94. The highest BCUT2D eigenvalue weighted by molar-refractivity contribution is 4.92. The lowest BCUT2D eigenvalue weighted by Crippen LogP contribution is -2.40. The van der Waals surface area contributed by atoms with Gasteiger partial charge >= 0.3 is 0 Å². The standard InChI is InChI=1S/C14H27NO2/c1-14(2)5-4-11(13(14)17)9-15(3)8-10-6-12(16)7-10/h10-13,16-17H,4-9H2,1-3H3. The van der Waals surface area contributed by atoms with Crippen LogP contribution in [0.25, 0.3) is 0 Å². The first-order chi connectivity index (χ1) is 7.88. The van der Waals surface area contributed by atoms with Crippen molar-refractivity contribution < 1.29 is 10.2 Å². The summed E-state index contributed by atoms with van der Waals surface area (Å²) in [5, 5.41) is 19.5. The maximum atomic E-state index is 10.2. The maximum Gasteiger partial charge on any atom is 0.0631 e. The van der Waals surface area contributed by atoms with Crippen molar-refractivity contribution in [2.45, 2.75) is 51.7 Å². The van der Waals surface area contributed by atoms with Crippen LogP contribution < -0.4 is 0 Å². The molecule has 3 heteroatoms. The molecule has 0 aromatic heterocycles. The number of rotatable bonds is 4. The van der Waals surface area contributed by atoms with Crippen LogP contribution in [0.4, 0.5) is 0 Å². The molecule has 2 unspecified atom stereocenters. The molecule has 17 heavy (non-hydrogen) atoms. The normalized spacial score (nSPS) is 40.6. The number of nitrogens with zero attached hydrogens (tertiary/aromatic N) is 1. The van der Waals surface area contributed by atoms with Gasteiger partial charge in [-0.1, -0.05) is 13.8 Å². The van der Waals surface area contributed by atoms with E-state index in [2.05, 4.69) is 25.8 Å². The second kappa shape index (κ2) is 4.87. The molecule has 0 aromatic rings. The molecule has 0 heterocycles. The molecule has 100 valence electrons. The van der Waals surface area contributed by atoms with Crippen LogP contribution in [-0.2, 0) is 0 Å². The molecular weight excluding hydrogens is 214 g/mol. The summed E-state index contributed by atoms with van der Waals surface area (Å²) in [6.07, 6.45) is 3.99. The molecule has 2 N–H and O–H groups in total. The molecule has 3 nitrogen and oxygen atoms in total. The Labute approximate surface area is 105 Å². The van der Waals surface area contributed by atoms with Gasteiger partial charge in [0.2, 0.25) is 0 Å². The zero-order valence-corrected chi connectivity index (χ0v) is 11.4. The second-order valence-electron chi connectivity index (χ2n) is 6.94. The average Bonchev–Trinajstić information content (AvgIpc) is 2.43. The fraction of sp³-hybridized carbons (Fsp3) is 1.00. The fourth-order valence-electron chi connectivity index (χ4n) is 3.46. The van der Waals surface area contributed by atoms with Gasteiger partial charge in [0, 0.05) is 13.1 Å². The molecular formula is C14H27NO2. The van der Waals surface area contributed by atoms with Gasteiger partial charge in [-0.3, -0.25) is 0 Å². The SMILES string of the molecule is CN(CC1CC(O)C1)CC1CCC(C)(C)C1O. The summed E-state index contributed by atoms with van der Waals surface area (Å²) in [7, 11) is 2.14. The van der Waals surface area contributed by atoms with Crippen LogP contribution in [0.3, 0.4) is 0 Å². The molecule has 0 aliphatic heterocycles. The van der Waals surface area contributed by atoms with Gasteiger partial charge in [0.05, 0.1) is 12.2 Å². The molecule has 0 aromatic carbocycles. The lowest BCUT2D eigenvalue weighted by Gasteiger charge is -2.36. The number of hydrogen-bond acceptors (Lipinski definition) is 3. The van der Waals surface area contributed by atoms with Crippen molar-refractivity contribution in [3.05, 3.63) is 0 Å². The van der Waals surface area contributed by atoms with E-state index in [1.807, 2.05) is 0 Å². The summed E-state index contributed by atoms with van der Waals surface area (Å²) in [6.45, 7) is 6.40. The molecule has 2 saturated carbocycles. The number of hydrogen-bond donors (Lipinski definition) is 2. The largest absolute Gasteiger partial charge is 0.393 e. The Morgan fingerprint density at radius 3 is 2.29 bits per heavy atom. The van der Waals surface area contributed by atoms with Crippen molar-refractivity contribution in [1.29, 1.82) is 0 Å². The zero-order chi connectivity index (χ0) is 12.6. The Morgan fingerprint density at radius 2 is 1.82 bits per heavy atom. The summed E-state index contributed by atoms with van der Waals surface area (Å²) in [5.74, 6) is 1.10. The Balaban J connectivity index is 1.74. The van der Waals surface area contributed by atoms with Gasteiger partial charge in [-0.05, 0) is 50.0 Å². The number of aliphatic hydroxyl groups is 2. The third kappa shape index (κ3) is 3.01. The first-order valence-corrected chi connectivity index (χ1v) is 6.93. The molecule has 0 amide bonds. The van der Waals surface area contributed by atoms with E-state index in [0.717, 1.165) is 38.8 Å². The summed E-state index contributed by atoms with van der Waals surface area (Å²) in [6, 6.07) is 0. The lowest BCUT2D eigenvalue weighted by atomic mass is 9.82. The summed E-state index contributed by atoms with van der Waals surface area (Å²) in [4.78, 5) is 2.34. The summed E-state index contributed by atoms with van der Waals surface area (Å²) in [5.41, 5.74) is 0.0954. The molecule has 0 spiro atoms. The Morgan fingerprint density at radius 1 is 1.18 bits per heavy atom. The third-order valence-electron chi connectivity index (χ3n) is 4.73. The topological polar surface area (TPSA) is 43.7 Å². The van der Waals surface area contributed by atoms with Crippen LogP contribution in [0.1, 0.15) is 39.5 Å². The lowest BCUT2D eigenvalue weighted by molar-refractivity contribution is 0.0119. The minimum atomic E-state index is -0.156. The quantitative estimate of drug-likeness (QED) is 0.783. The van der Waals surface area contributed by atoms with E-state index >= 15 is 0 Å². The summed E-state index contributed by atoms with van der Waals surface area (Å²) < 4.78 is 0. The van der Waals surface area contributed by atoms with Crippen molar-refractivity contribution >= 4 is 0 Å². The van der Waals surface area contributed by atoms with Crippen LogP contribution in [0.5, 0.6) is 0 Å². The van der Waals surface area contributed by atoms with Crippen molar-refractivity contribution in [3.8, 4) is 0 Å². The number of aliphatic hydroxyl groups excluding tert-OH is 2. The van der Waals surface area contributed by atoms with Crippen molar-refractivity contribution in [2.75, 3.05) is 20.1 Å². The van der Waals surface area contributed by atoms with Gasteiger partial charge in [-0.15, -0.1) is 0 Å². The van der Waals surface area contributed by atoms with Gasteiger partial charge in [0.25, 0.3) is 0 Å². The monoisotopic (exact) mass is 241 g/mol. The van der Waals surface area contributed by atoms with Gasteiger partial charge in [0.15, 0.2) is 0 Å². The van der Waals surface area contributed by atoms with Crippen LogP contribution in [-0.4, -0.2) is 47.5 Å². The van der Waals surface area contributed by atoms with Crippen LogP contribution in [0, 0.1) is 17.3 Å². The Kier molecular flexibility index (Phi) is 3.81. The highest BCUT2D eigenvalue weighted by Crippen LogP contribution is 2.41. The van der Waals surface area contributed by atoms with E-state index in [-0.39, 0.29) is 17.6 Å². The van der Waals surface area contributed by atoms with Gasteiger partial charge < -0.3 is 15.1 Å². The van der Waals surface area contributed by atoms with E-state index in [1.54, 1.807) is 0 Å². The third-order valence-corrected chi connectivity index (χ3v) is 4.73. The molecule has 0 radical (unpaired) electrons. The van der Waals surface area contributed by atoms with E-state index in [1.165, 1.54) is 0 Å². The smallest absolute Gasteiger partial charge is 0.0631 e.